The molecule has 0 fully saturated rings. The van der Waals surface area contributed by atoms with Gasteiger partial charge in [0.15, 0.2) is 5.75 Å². The van der Waals surface area contributed by atoms with Crippen LogP contribution in [-0.2, 0) is 4.79 Å². The van der Waals surface area contributed by atoms with E-state index in [4.69, 9.17) is 9.84 Å². The number of carboxylic acid groups (broad SMARTS) is 1. The topological polar surface area (TPSA) is 75.6 Å². The molecule has 0 unspecified atom stereocenters. The van der Waals surface area contributed by atoms with Crippen molar-refractivity contribution in [2.75, 3.05) is 6.54 Å². The van der Waals surface area contributed by atoms with Crippen LogP contribution in [0.15, 0.2) is 52.3 Å². The molecule has 21 heavy (non-hydrogen) atoms. The van der Waals surface area contributed by atoms with E-state index in [0.717, 1.165) is 9.79 Å². The summed E-state index contributed by atoms with van der Waals surface area (Å²) in [5.41, 5.74) is 0.329. The first-order valence-electron chi connectivity index (χ1n) is 6.23. The average molecular weight is 301 g/mol. The van der Waals surface area contributed by atoms with Gasteiger partial charge in [-0.25, -0.2) is 0 Å². The highest BCUT2D eigenvalue weighted by atomic mass is 32.2. The lowest BCUT2D eigenvalue weighted by atomic mass is 10.2. The zero-order chi connectivity index (χ0) is 14.8. The van der Waals surface area contributed by atoms with Gasteiger partial charge in [-0.2, -0.15) is 0 Å². The molecule has 2 aromatic rings. The molecular formula is C15H11NO4S. The molecule has 6 heteroatoms. The number of fused-ring (bicyclic) bond motifs is 2. The Hall–Kier alpha value is -2.47. The maximum absolute atomic E-state index is 12.1. The number of aliphatic carboxylic acids is 1. The molecule has 1 aliphatic rings. The first kappa shape index (κ1) is 13.5. The largest absolute Gasteiger partial charge is 0.480 e. The van der Waals surface area contributed by atoms with Crippen molar-refractivity contribution in [2.24, 2.45) is 0 Å². The van der Waals surface area contributed by atoms with Gasteiger partial charge in [-0.3, -0.25) is 9.59 Å². The lowest BCUT2D eigenvalue weighted by molar-refractivity contribution is -0.135. The van der Waals surface area contributed by atoms with E-state index in [1.807, 2.05) is 30.3 Å². The first-order chi connectivity index (χ1) is 10.1. The van der Waals surface area contributed by atoms with Crippen LogP contribution in [0.25, 0.3) is 0 Å². The Kier molecular flexibility index (Phi) is 3.53. The highest BCUT2D eigenvalue weighted by Gasteiger charge is 2.23. The van der Waals surface area contributed by atoms with E-state index in [9.17, 15) is 9.59 Å². The van der Waals surface area contributed by atoms with E-state index in [-0.39, 0.29) is 0 Å². The molecule has 0 radical (unpaired) electrons. The molecule has 0 atom stereocenters. The average Bonchev–Trinajstić information content (AvgIpc) is 2.50. The number of carbonyl (C=O) groups excluding carboxylic acids is 1. The van der Waals surface area contributed by atoms with Crippen LogP contribution in [0.2, 0.25) is 0 Å². The van der Waals surface area contributed by atoms with Gasteiger partial charge in [0.1, 0.15) is 12.3 Å². The highest BCUT2D eigenvalue weighted by molar-refractivity contribution is 7.99. The molecule has 2 N–H and O–H groups in total. The predicted octanol–water partition coefficient (Wildman–Crippen LogP) is 2.76. The van der Waals surface area contributed by atoms with Gasteiger partial charge in [-0.15, -0.1) is 0 Å². The summed E-state index contributed by atoms with van der Waals surface area (Å²) in [7, 11) is 0. The minimum atomic E-state index is -1.09. The molecule has 0 spiro atoms. The number of para-hydroxylation sites is 2. The second-order valence-corrected chi connectivity index (χ2v) is 5.44. The van der Waals surface area contributed by atoms with Gasteiger partial charge in [-0.05, 0) is 24.3 Å². The van der Waals surface area contributed by atoms with Gasteiger partial charge in [0.2, 0.25) is 0 Å². The lowest BCUT2D eigenvalue weighted by Gasteiger charge is -2.21. The zero-order valence-electron chi connectivity index (χ0n) is 10.8. The van der Waals surface area contributed by atoms with Crippen molar-refractivity contribution in [3.05, 3.63) is 48.0 Å². The van der Waals surface area contributed by atoms with Crippen molar-refractivity contribution in [3.63, 3.8) is 0 Å². The highest BCUT2D eigenvalue weighted by Crippen LogP contribution is 2.48. The van der Waals surface area contributed by atoms with E-state index in [2.05, 4.69) is 5.32 Å². The van der Waals surface area contributed by atoms with E-state index in [0.29, 0.717) is 17.1 Å². The fraction of sp³-hybridized carbons (Fsp3) is 0.0667. The molecule has 0 aromatic heterocycles. The Morgan fingerprint density at radius 3 is 2.67 bits per heavy atom. The SMILES string of the molecule is O=C(O)CNC(=O)c1cccc2c1Oc1ccccc1S2. The fourth-order valence-electron chi connectivity index (χ4n) is 1.98. The minimum absolute atomic E-state index is 0.329. The number of rotatable bonds is 3. The summed E-state index contributed by atoms with van der Waals surface area (Å²) >= 11 is 1.52. The third-order valence-electron chi connectivity index (χ3n) is 2.90. The molecular weight excluding hydrogens is 290 g/mol. The van der Waals surface area contributed by atoms with Crippen molar-refractivity contribution in [1.82, 2.24) is 5.32 Å². The molecule has 5 nitrogen and oxygen atoms in total. The van der Waals surface area contributed by atoms with Crippen molar-refractivity contribution < 1.29 is 19.4 Å². The number of carboxylic acids is 1. The summed E-state index contributed by atoms with van der Waals surface area (Å²) in [6, 6.07) is 12.8. The third-order valence-corrected chi connectivity index (χ3v) is 4.00. The second kappa shape index (κ2) is 5.49. The Morgan fingerprint density at radius 2 is 1.86 bits per heavy atom. The summed E-state index contributed by atoms with van der Waals surface area (Å²) in [5.74, 6) is -0.402. The Labute approximate surface area is 124 Å². The van der Waals surface area contributed by atoms with Crippen LogP contribution in [0, 0.1) is 0 Å². The molecule has 106 valence electrons. The predicted molar refractivity (Wildman–Crippen MR) is 77.1 cm³/mol. The van der Waals surface area contributed by atoms with E-state index in [1.165, 1.54) is 11.8 Å². The number of carbonyl (C=O) groups is 2. The number of ether oxygens (including phenoxy) is 1. The van der Waals surface area contributed by atoms with Gasteiger partial charge in [0.25, 0.3) is 5.91 Å². The molecule has 1 heterocycles. The van der Waals surface area contributed by atoms with Crippen molar-refractivity contribution in [2.45, 2.75) is 9.79 Å². The lowest BCUT2D eigenvalue weighted by Crippen LogP contribution is -2.29. The van der Waals surface area contributed by atoms with Gasteiger partial charge in [0.05, 0.1) is 15.4 Å². The molecule has 0 saturated heterocycles. The molecule has 1 aliphatic heterocycles. The van der Waals surface area contributed by atoms with E-state index in [1.54, 1.807) is 12.1 Å². The standard InChI is InChI=1S/C15H11NO4S/c17-13(18)8-16-15(19)9-4-3-7-12-14(9)20-10-5-1-2-6-11(10)21-12/h1-7H,8H2,(H,16,19)(H,17,18). The summed E-state index contributed by atoms with van der Waals surface area (Å²) < 4.78 is 5.81. The summed E-state index contributed by atoms with van der Waals surface area (Å²) in [4.78, 5) is 24.4. The van der Waals surface area contributed by atoms with Crippen molar-refractivity contribution in [3.8, 4) is 11.5 Å². The normalized spacial score (nSPS) is 11.8. The van der Waals surface area contributed by atoms with E-state index >= 15 is 0 Å². The van der Waals surface area contributed by atoms with Crippen molar-refractivity contribution >= 4 is 23.6 Å². The van der Waals surface area contributed by atoms with Crippen LogP contribution in [0.1, 0.15) is 10.4 Å². The first-order valence-corrected chi connectivity index (χ1v) is 7.04. The molecule has 0 bridgehead atoms. The molecule has 0 saturated carbocycles. The smallest absolute Gasteiger partial charge is 0.322 e. The number of benzene rings is 2. The van der Waals surface area contributed by atoms with Crippen LogP contribution in [0.3, 0.4) is 0 Å². The fourth-order valence-corrected chi connectivity index (χ4v) is 2.96. The van der Waals surface area contributed by atoms with Gasteiger partial charge in [-0.1, -0.05) is 30.0 Å². The van der Waals surface area contributed by atoms with Crippen LogP contribution in [0.4, 0.5) is 0 Å². The van der Waals surface area contributed by atoms with Gasteiger partial charge >= 0.3 is 5.97 Å². The van der Waals surface area contributed by atoms with Crippen LogP contribution in [0.5, 0.6) is 11.5 Å². The quantitative estimate of drug-likeness (QED) is 0.778. The molecule has 2 aromatic carbocycles. The maximum Gasteiger partial charge on any atom is 0.322 e. The van der Waals surface area contributed by atoms with Crippen LogP contribution >= 0.6 is 11.8 Å². The number of amides is 1. The number of hydrogen-bond donors (Lipinski definition) is 2. The van der Waals surface area contributed by atoms with Crippen LogP contribution in [-0.4, -0.2) is 23.5 Å². The summed E-state index contributed by atoms with van der Waals surface area (Å²) in [6.45, 7) is -0.424. The molecule has 0 aliphatic carbocycles. The van der Waals surface area contributed by atoms with Gasteiger partial charge < -0.3 is 15.2 Å². The summed E-state index contributed by atoms with van der Waals surface area (Å²) in [6.07, 6.45) is 0. The molecule has 3 rings (SSSR count). The monoisotopic (exact) mass is 301 g/mol. The van der Waals surface area contributed by atoms with Gasteiger partial charge in [0, 0.05) is 0 Å². The number of hydrogen-bond acceptors (Lipinski definition) is 4. The Morgan fingerprint density at radius 1 is 1.10 bits per heavy atom. The van der Waals surface area contributed by atoms with Crippen LogP contribution < -0.4 is 10.1 Å². The second-order valence-electron chi connectivity index (χ2n) is 4.36. The third kappa shape index (κ3) is 2.71. The summed E-state index contributed by atoms with van der Waals surface area (Å²) in [5, 5.41) is 11.0. The minimum Gasteiger partial charge on any atom is -0.480 e. The van der Waals surface area contributed by atoms with Crippen molar-refractivity contribution in [1.29, 1.82) is 0 Å². The Balaban J connectivity index is 1.92. The number of nitrogens with one attached hydrogen (secondary N) is 1. The van der Waals surface area contributed by atoms with E-state index < -0.39 is 18.4 Å². The molecule has 1 amide bonds. The maximum atomic E-state index is 12.1. The zero-order valence-corrected chi connectivity index (χ0v) is 11.6. The Bertz CT molecular complexity index is 729.